The Morgan fingerprint density at radius 3 is 2.77 bits per heavy atom. The van der Waals surface area contributed by atoms with Crippen LogP contribution in [-0.2, 0) is 13.5 Å². The molecule has 0 saturated heterocycles. The largest absolute Gasteiger partial charge is 0.478 e. The van der Waals surface area contributed by atoms with Crippen LogP contribution in [-0.4, -0.2) is 32.9 Å². The van der Waals surface area contributed by atoms with E-state index in [1.54, 1.807) is 6.07 Å². The number of anilines is 2. The van der Waals surface area contributed by atoms with Crippen molar-refractivity contribution in [1.29, 1.82) is 0 Å². The van der Waals surface area contributed by atoms with Crippen molar-refractivity contribution in [2.24, 2.45) is 7.05 Å². The van der Waals surface area contributed by atoms with Gasteiger partial charge in [-0.25, -0.2) is 4.79 Å². The molecular weight excluding hydrogens is 412 g/mol. The Balaban J connectivity index is 1.55. The smallest absolute Gasteiger partial charge is 0.336 e. The first-order valence-corrected chi connectivity index (χ1v) is 10.2. The Bertz CT molecular complexity index is 1390. The van der Waals surface area contributed by atoms with Crippen LogP contribution in [0.5, 0.6) is 0 Å². The molecule has 1 N–H and O–H groups in total. The zero-order valence-corrected chi connectivity index (χ0v) is 17.8. The number of carboxylic acids is 1. The number of pyridine rings is 1. The highest BCUT2D eigenvalue weighted by Gasteiger charge is 2.24. The molecule has 154 valence electrons. The van der Waals surface area contributed by atoms with Gasteiger partial charge in [0.15, 0.2) is 0 Å². The lowest BCUT2D eigenvalue weighted by Gasteiger charge is -2.21. The summed E-state index contributed by atoms with van der Waals surface area (Å²) in [6, 6.07) is 15.4. The van der Waals surface area contributed by atoms with Gasteiger partial charge < -0.3 is 10.0 Å². The third-order valence-corrected chi connectivity index (χ3v) is 6.06. The third-order valence-electron chi connectivity index (χ3n) is 5.74. The Hall–Kier alpha value is -3.64. The van der Waals surface area contributed by atoms with E-state index in [4.69, 9.17) is 16.7 Å². The average molecular weight is 431 g/mol. The van der Waals surface area contributed by atoms with Gasteiger partial charge in [-0.15, -0.1) is 0 Å². The molecule has 0 fully saturated rings. The zero-order valence-electron chi connectivity index (χ0n) is 17.0. The van der Waals surface area contributed by atoms with Crippen molar-refractivity contribution in [1.82, 2.24) is 14.8 Å². The Morgan fingerprint density at radius 1 is 1.19 bits per heavy atom. The molecule has 0 unspecified atom stereocenters. The number of aryl methyl sites for hydroxylation is 1. The molecule has 2 aromatic heterocycles. The number of benzene rings is 2. The lowest BCUT2D eigenvalue weighted by Crippen LogP contribution is -2.09. The second-order valence-corrected chi connectivity index (χ2v) is 7.97. The molecule has 31 heavy (non-hydrogen) atoms. The summed E-state index contributed by atoms with van der Waals surface area (Å²) >= 11 is 6.37. The minimum Gasteiger partial charge on any atom is -0.478 e. The van der Waals surface area contributed by atoms with Crippen molar-refractivity contribution in [3.05, 3.63) is 82.3 Å². The van der Waals surface area contributed by atoms with Gasteiger partial charge in [0.2, 0.25) is 0 Å². The van der Waals surface area contributed by atoms with Crippen LogP contribution >= 0.6 is 11.6 Å². The molecule has 7 heteroatoms. The van der Waals surface area contributed by atoms with Crippen LogP contribution in [0.25, 0.3) is 22.6 Å². The number of hydrogen-bond acceptors (Lipinski definition) is 4. The van der Waals surface area contributed by atoms with Crippen molar-refractivity contribution in [3.63, 3.8) is 0 Å². The highest BCUT2D eigenvalue weighted by atomic mass is 35.5. The van der Waals surface area contributed by atoms with Crippen LogP contribution in [0.1, 0.15) is 27.3 Å². The minimum absolute atomic E-state index is 0.292. The Labute approximate surface area is 184 Å². The second kappa shape index (κ2) is 7.25. The molecule has 4 aromatic rings. The van der Waals surface area contributed by atoms with Crippen molar-refractivity contribution >= 4 is 51.5 Å². The Kier molecular flexibility index (Phi) is 4.52. The molecule has 0 spiro atoms. The van der Waals surface area contributed by atoms with Crippen molar-refractivity contribution < 1.29 is 9.90 Å². The van der Waals surface area contributed by atoms with Gasteiger partial charge in [-0.3, -0.25) is 9.67 Å². The van der Waals surface area contributed by atoms with E-state index in [0.29, 0.717) is 22.7 Å². The maximum atomic E-state index is 11.6. The molecule has 0 aliphatic heterocycles. The van der Waals surface area contributed by atoms with E-state index in [9.17, 15) is 9.90 Å². The summed E-state index contributed by atoms with van der Waals surface area (Å²) in [6.07, 6.45) is 3.97. The van der Waals surface area contributed by atoms with Gasteiger partial charge in [-0.1, -0.05) is 23.7 Å². The van der Waals surface area contributed by atoms with Crippen LogP contribution in [0.4, 0.5) is 11.4 Å². The van der Waals surface area contributed by atoms with Crippen LogP contribution < -0.4 is 4.90 Å². The molecule has 1 aliphatic rings. The quantitative estimate of drug-likeness (QED) is 0.482. The molecule has 2 heterocycles. The van der Waals surface area contributed by atoms with Gasteiger partial charge in [-0.05, 0) is 53.6 Å². The average Bonchev–Trinajstić information content (AvgIpc) is 3.34. The van der Waals surface area contributed by atoms with Crippen molar-refractivity contribution in [2.75, 3.05) is 11.9 Å². The number of carbonyl (C=O) groups is 1. The van der Waals surface area contributed by atoms with E-state index in [1.165, 1.54) is 6.20 Å². The molecule has 0 radical (unpaired) electrons. The first-order valence-electron chi connectivity index (χ1n) is 9.81. The summed E-state index contributed by atoms with van der Waals surface area (Å²) in [4.78, 5) is 18.0. The van der Waals surface area contributed by atoms with Gasteiger partial charge in [0.1, 0.15) is 0 Å². The normalized spacial score (nSPS) is 12.7. The molecule has 2 aromatic carbocycles. The molecule has 1 aliphatic carbocycles. The number of rotatable bonds is 4. The fourth-order valence-electron chi connectivity index (χ4n) is 4.13. The molecule has 0 bridgehead atoms. The number of aromatic carboxylic acids is 1. The van der Waals surface area contributed by atoms with E-state index in [0.717, 1.165) is 39.1 Å². The lowest BCUT2D eigenvalue weighted by molar-refractivity contribution is 0.0695. The standard InChI is InChI=1S/C24H19ClN4O2/c1-28(21-6-4-3-5-19(21)25)15-7-8-17-22(13-15)29(2)27-23(17)14-11-18-16(24(30)31)9-10-26-20(18)12-14/h3-10,12-13H,11H2,1-2H3,(H,30,31). The van der Waals surface area contributed by atoms with E-state index < -0.39 is 5.97 Å². The fourth-order valence-corrected chi connectivity index (χ4v) is 4.39. The van der Waals surface area contributed by atoms with Crippen molar-refractivity contribution in [2.45, 2.75) is 6.42 Å². The lowest BCUT2D eigenvalue weighted by atomic mass is 10.0. The summed E-state index contributed by atoms with van der Waals surface area (Å²) in [7, 11) is 3.89. The molecule has 0 atom stereocenters. The monoisotopic (exact) mass is 430 g/mol. The van der Waals surface area contributed by atoms with Crippen molar-refractivity contribution in [3.8, 4) is 0 Å². The van der Waals surface area contributed by atoms with Gasteiger partial charge in [0, 0.05) is 37.8 Å². The maximum Gasteiger partial charge on any atom is 0.336 e. The van der Waals surface area contributed by atoms with Crippen LogP contribution in [0.3, 0.4) is 0 Å². The summed E-state index contributed by atoms with van der Waals surface area (Å²) in [5.74, 6) is -0.938. The predicted octanol–water partition coefficient (Wildman–Crippen LogP) is 5.18. The number of hydrogen-bond donors (Lipinski definition) is 1. The predicted molar refractivity (Wildman–Crippen MR) is 123 cm³/mol. The number of para-hydroxylation sites is 1. The minimum atomic E-state index is -0.938. The van der Waals surface area contributed by atoms with Gasteiger partial charge in [-0.2, -0.15) is 5.10 Å². The Morgan fingerprint density at radius 2 is 2.00 bits per heavy atom. The maximum absolute atomic E-state index is 11.6. The number of allylic oxidation sites excluding steroid dienone is 1. The SMILES string of the molecule is CN(c1ccc2c(C3=Cc4nccc(C(=O)O)c4C3)nn(C)c2c1)c1ccccc1Cl. The number of fused-ring (bicyclic) bond motifs is 2. The number of aromatic nitrogens is 3. The molecule has 6 nitrogen and oxygen atoms in total. The highest BCUT2D eigenvalue weighted by Crippen LogP contribution is 2.37. The van der Waals surface area contributed by atoms with Gasteiger partial charge >= 0.3 is 5.97 Å². The van der Waals surface area contributed by atoms with Crippen LogP contribution in [0.15, 0.2) is 54.7 Å². The summed E-state index contributed by atoms with van der Waals surface area (Å²) in [5.41, 5.74) is 6.44. The van der Waals surface area contributed by atoms with Gasteiger partial charge in [0.05, 0.1) is 33.2 Å². The second-order valence-electron chi connectivity index (χ2n) is 7.56. The highest BCUT2D eigenvalue weighted by molar-refractivity contribution is 6.33. The first kappa shape index (κ1) is 19.3. The molecular formula is C24H19ClN4O2. The van der Waals surface area contributed by atoms with Crippen LogP contribution in [0.2, 0.25) is 5.02 Å². The number of carboxylic acid groups (broad SMARTS) is 1. The zero-order chi connectivity index (χ0) is 21.7. The molecule has 5 rings (SSSR count). The molecule has 0 saturated carbocycles. The number of nitrogens with zero attached hydrogens (tertiary/aromatic N) is 4. The topological polar surface area (TPSA) is 71.2 Å². The van der Waals surface area contributed by atoms with E-state index >= 15 is 0 Å². The van der Waals surface area contributed by atoms with E-state index in [-0.39, 0.29) is 0 Å². The fraction of sp³-hybridized carbons (Fsp3) is 0.125. The van der Waals surface area contributed by atoms with E-state index in [2.05, 4.69) is 17.1 Å². The molecule has 0 amide bonds. The third kappa shape index (κ3) is 3.16. The number of halogens is 1. The summed E-state index contributed by atoms with van der Waals surface area (Å²) < 4.78 is 1.85. The van der Waals surface area contributed by atoms with E-state index in [1.807, 2.05) is 60.1 Å². The van der Waals surface area contributed by atoms with Crippen LogP contribution in [0, 0.1) is 0 Å². The summed E-state index contributed by atoms with van der Waals surface area (Å²) in [6.45, 7) is 0. The summed E-state index contributed by atoms with van der Waals surface area (Å²) in [5, 5.41) is 15.9. The van der Waals surface area contributed by atoms with Gasteiger partial charge in [0.25, 0.3) is 0 Å². The first-order chi connectivity index (χ1) is 14.9.